The third-order valence-electron chi connectivity index (χ3n) is 6.07. The molecule has 3 rings (SSSR count). The van der Waals surface area contributed by atoms with Crippen LogP contribution in [0.1, 0.15) is 60.9 Å². The zero-order valence-electron chi connectivity index (χ0n) is 19.2. The summed E-state index contributed by atoms with van der Waals surface area (Å²) in [5.74, 6) is 1.26. The normalized spacial score (nSPS) is 19.7. The van der Waals surface area contributed by atoms with Crippen molar-refractivity contribution in [3.05, 3.63) is 52.3 Å². The van der Waals surface area contributed by atoms with Crippen molar-refractivity contribution in [2.75, 3.05) is 20.2 Å². The Labute approximate surface area is 181 Å². The predicted molar refractivity (Wildman–Crippen MR) is 123 cm³/mol. The van der Waals surface area contributed by atoms with Crippen LogP contribution in [0.25, 0.3) is 0 Å². The SMILES string of the molecule is CCc1nn(C)c(CC)c1CNC(=NC)NCC1CCCOC1c1ccc(C)cc1. The van der Waals surface area contributed by atoms with Gasteiger partial charge < -0.3 is 15.4 Å². The van der Waals surface area contributed by atoms with Crippen LogP contribution in [0.4, 0.5) is 0 Å². The van der Waals surface area contributed by atoms with Crippen molar-refractivity contribution in [2.45, 2.75) is 59.1 Å². The van der Waals surface area contributed by atoms with E-state index < -0.39 is 0 Å². The summed E-state index contributed by atoms with van der Waals surface area (Å²) in [7, 11) is 3.86. The first kappa shape index (κ1) is 22.3. The standard InChI is InChI=1S/C24H37N5O/c1-6-21-20(22(7-2)29(5)28-21)16-27-24(25-4)26-15-19-9-8-14-30-23(19)18-12-10-17(3)11-13-18/h10-13,19,23H,6-9,14-16H2,1-5H3,(H2,25,26,27). The zero-order chi connectivity index (χ0) is 21.5. The number of hydrogen-bond donors (Lipinski definition) is 2. The topological polar surface area (TPSA) is 63.5 Å². The molecule has 164 valence electrons. The van der Waals surface area contributed by atoms with Gasteiger partial charge in [-0.05, 0) is 38.2 Å². The maximum absolute atomic E-state index is 6.16. The summed E-state index contributed by atoms with van der Waals surface area (Å²) in [4.78, 5) is 4.44. The van der Waals surface area contributed by atoms with E-state index in [1.54, 1.807) is 0 Å². The fourth-order valence-corrected chi connectivity index (χ4v) is 4.39. The average molecular weight is 412 g/mol. The van der Waals surface area contributed by atoms with Crippen LogP contribution < -0.4 is 10.6 Å². The summed E-state index contributed by atoms with van der Waals surface area (Å²) in [5, 5.41) is 11.7. The number of hydrogen-bond acceptors (Lipinski definition) is 3. The number of guanidine groups is 1. The molecule has 6 heteroatoms. The summed E-state index contributed by atoms with van der Waals surface area (Å²) in [6, 6.07) is 8.74. The Balaban J connectivity index is 1.61. The van der Waals surface area contributed by atoms with E-state index in [2.05, 4.69) is 65.8 Å². The number of aliphatic imine (C=N–C) groups is 1. The highest BCUT2D eigenvalue weighted by Gasteiger charge is 2.27. The van der Waals surface area contributed by atoms with Crippen molar-refractivity contribution in [2.24, 2.45) is 18.0 Å². The lowest BCUT2D eigenvalue weighted by atomic mass is 9.89. The minimum atomic E-state index is 0.140. The molecule has 30 heavy (non-hydrogen) atoms. The first-order valence-corrected chi connectivity index (χ1v) is 11.2. The maximum Gasteiger partial charge on any atom is 0.191 e. The highest BCUT2D eigenvalue weighted by molar-refractivity contribution is 5.79. The third-order valence-corrected chi connectivity index (χ3v) is 6.07. The molecule has 2 N–H and O–H groups in total. The van der Waals surface area contributed by atoms with Gasteiger partial charge >= 0.3 is 0 Å². The van der Waals surface area contributed by atoms with E-state index in [4.69, 9.17) is 4.74 Å². The van der Waals surface area contributed by atoms with E-state index in [1.165, 1.54) is 22.4 Å². The summed E-state index contributed by atoms with van der Waals surface area (Å²) < 4.78 is 8.18. The fraction of sp³-hybridized carbons (Fsp3) is 0.583. The molecule has 2 atom stereocenters. The van der Waals surface area contributed by atoms with Gasteiger partial charge in [0.15, 0.2) is 5.96 Å². The van der Waals surface area contributed by atoms with Crippen molar-refractivity contribution < 1.29 is 4.74 Å². The molecule has 0 radical (unpaired) electrons. The molecule has 1 saturated heterocycles. The Kier molecular flexibility index (Phi) is 7.91. The van der Waals surface area contributed by atoms with Gasteiger partial charge in [-0.3, -0.25) is 9.67 Å². The molecule has 6 nitrogen and oxygen atoms in total. The zero-order valence-corrected chi connectivity index (χ0v) is 19.2. The number of nitrogens with one attached hydrogen (secondary N) is 2. The van der Waals surface area contributed by atoms with E-state index in [0.29, 0.717) is 5.92 Å². The van der Waals surface area contributed by atoms with Gasteiger partial charge in [0, 0.05) is 51.0 Å². The monoisotopic (exact) mass is 411 g/mol. The van der Waals surface area contributed by atoms with E-state index >= 15 is 0 Å². The smallest absolute Gasteiger partial charge is 0.191 e. The molecule has 1 aliphatic heterocycles. The lowest BCUT2D eigenvalue weighted by Crippen LogP contribution is -2.41. The molecule has 1 aliphatic rings. The van der Waals surface area contributed by atoms with Gasteiger partial charge in [-0.1, -0.05) is 43.7 Å². The van der Waals surface area contributed by atoms with Crippen molar-refractivity contribution in [1.82, 2.24) is 20.4 Å². The highest BCUT2D eigenvalue weighted by Crippen LogP contribution is 2.33. The summed E-state index contributed by atoms with van der Waals surface area (Å²) in [5.41, 5.74) is 6.30. The first-order chi connectivity index (χ1) is 14.6. The molecule has 2 heterocycles. The van der Waals surface area contributed by atoms with Crippen molar-refractivity contribution in [3.8, 4) is 0 Å². The molecule has 1 aromatic heterocycles. The number of rotatable bonds is 7. The third kappa shape index (κ3) is 5.22. The number of nitrogens with zero attached hydrogens (tertiary/aromatic N) is 3. The molecule has 0 amide bonds. The first-order valence-electron chi connectivity index (χ1n) is 11.2. The summed E-state index contributed by atoms with van der Waals surface area (Å²) >= 11 is 0. The molecule has 0 saturated carbocycles. The minimum Gasteiger partial charge on any atom is -0.373 e. The van der Waals surface area contributed by atoms with Crippen LogP contribution in [-0.2, 0) is 31.2 Å². The van der Waals surface area contributed by atoms with Crippen LogP contribution in [0.2, 0.25) is 0 Å². The van der Waals surface area contributed by atoms with Gasteiger partial charge in [0.2, 0.25) is 0 Å². The van der Waals surface area contributed by atoms with Crippen LogP contribution >= 0.6 is 0 Å². The molecular weight excluding hydrogens is 374 g/mol. The Hall–Kier alpha value is -2.34. The second-order valence-electron chi connectivity index (χ2n) is 8.11. The molecule has 0 spiro atoms. The summed E-state index contributed by atoms with van der Waals surface area (Å²) in [6.45, 7) is 8.88. The molecule has 2 unspecified atom stereocenters. The number of ether oxygens (including phenoxy) is 1. The maximum atomic E-state index is 6.16. The van der Waals surface area contributed by atoms with E-state index in [0.717, 1.165) is 57.0 Å². The van der Waals surface area contributed by atoms with Gasteiger partial charge in [0.25, 0.3) is 0 Å². The molecular formula is C24H37N5O. The molecule has 0 bridgehead atoms. The largest absolute Gasteiger partial charge is 0.373 e. The van der Waals surface area contributed by atoms with Crippen LogP contribution in [0.3, 0.4) is 0 Å². The average Bonchev–Trinajstić information content (AvgIpc) is 3.09. The van der Waals surface area contributed by atoms with E-state index in [-0.39, 0.29) is 6.10 Å². The quantitative estimate of drug-likeness (QED) is 0.539. The lowest BCUT2D eigenvalue weighted by Gasteiger charge is -2.32. The minimum absolute atomic E-state index is 0.140. The molecule has 0 aliphatic carbocycles. The van der Waals surface area contributed by atoms with E-state index in [1.807, 2.05) is 18.8 Å². The Morgan fingerprint density at radius 1 is 1.20 bits per heavy atom. The van der Waals surface area contributed by atoms with E-state index in [9.17, 15) is 0 Å². The molecule has 1 fully saturated rings. The second-order valence-corrected chi connectivity index (χ2v) is 8.11. The summed E-state index contributed by atoms with van der Waals surface area (Å²) in [6.07, 6.45) is 4.32. The molecule has 2 aromatic rings. The lowest BCUT2D eigenvalue weighted by molar-refractivity contribution is -0.0265. The van der Waals surface area contributed by atoms with Gasteiger partial charge in [-0.15, -0.1) is 0 Å². The van der Waals surface area contributed by atoms with Gasteiger partial charge in [0.05, 0.1) is 11.8 Å². The second kappa shape index (κ2) is 10.6. The predicted octanol–water partition coefficient (Wildman–Crippen LogP) is 3.69. The van der Waals surface area contributed by atoms with Crippen molar-refractivity contribution >= 4 is 5.96 Å². The number of benzene rings is 1. The van der Waals surface area contributed by atoms with Crippen molar-refractivity contribution in [3.63, 3.8) is 0 Å². The number of aryl methyl sites for hydroxylation is 3. The number of aromatic nitrogens is 2. The van der Waals surface area contributed by atoms with Crippen molar-refractivity contribution in [1.29, 1.82) is 0 Å². The Morgan fingerprint density at radius 2 is 1.97 bits per heavy atom. The fourth-order valence-electron chi connectivity index (χ4n) is 4.39. The van der Waals surface area contributed by atoms with Crippen LogP contribution in [0.15, 0.2) is 29.3 Å². The van der Waals surface area contributed by atoms with Gasteiger partial charge in [-0.25, -0.2) is 0 Å². The van der Waals surface area contributed by atoms with Crippen LogP contribution in [-0.4, -0.2) is 35.9 Å². The van der Waals surface area contributed by atoms with Crippen LogP contribution in [0.5, 0.6) is 0 Å². The highest BCUT2D eigenvalue weighted by atomic mass is 16.5. The Bertz CT molecular complexity index is 840. The van der Waals surface area contributed by atoms with Gasteiger partial charge in [-0.2, -0.15) is 5.10 Å². The van der Waals surface area contributed by atoms with Crippen LogP contribution in [0, 0.1) is 12.8 Å². The Morgan fingerprint density at radius 3 is 2.63 bits per heavy atom. The molecule has 1 aromatic carbocycles. The van der Waals surface area contributed by atoms with Gasteiger partial charge in [0.1, 0.15) is 0 Å².